The number of nitrogens with zero attached hydrogens (tertiary/aromatic N) is 1. The minimum Gasteiger partial charge on any atom is -0.355 e. The summed E-state index contributed by atoms with van der Waals surface area (Å²) >= 11 is 0. The molecule has 3 heteroatoms. The van der Waals surface area contributed by atoms with Crippen LogP contribution in [0.5, 0.6) is 0 Å². The summed E-state index contributed by atoms with van der Waals surface area (Å²) in [5, 5.41) is 3.01. The number of carbonyl (C=O) groups excluding carboxylic acids is 1. The Balaban J connectivity index is 2.11. The van der Waals surface area contributed by atoms with Gasteiger partial charge in [0.2, 0.25) is 5.91 Å². The average molecular weight is 212 g/mol. The minimum atomic E-state index is 0.128. The van der Waals surface area contributed by atoms with Crippen LogP contribution in [0.25, 0.3) is 0 Å². The van der Waals surface area contributed by atoms with Crippen molar-refractivity contribution in [3.63, 3.8) is 0 Å². The summed E-state index contributed by atoms with van der Waals surface area (Å²) in [6.45, 7) is 10.4. The van der Waals surface area contributed by atoms with Crippen molar-refractivity contribution in [3.8, 4) is 0 Å². The van der Waals surface area contributed by atoms with Gasteiger partial charge in [0, 0.05) is 19.0 Å². The first-order valence-corrected chi connectivity index (χ1v) is 6.11. The molecule has 0 aromatic heterocycles. The zero-order valence-corrected chi connectivity index (χ0v) is 10.3. The first-order chi connectivity index (χ1) is 7.11. The third-order valence-corrected chi connectivity index (χ3v) is 3.34. The lowest BCUT2D eigenvalue weighted by atomic mass is 9.97. The van der Waals surface area contributed by atoms with Crippen LogP contribution in [-0.4, -0.2) is 37.0 Å². The van der Waals surface area contributed by atoms with E-state index in [1.807, 2.05) is 6.92 Å². The lowest BCUT2D eigenvalue weighted by Gasteiger charge is -2.18. The lowest BCUT2D eigenvalue weighted by Crippen LogP contribution is -2.37. The Bertz CT molecular complexity index is 198. The van der Waals surface area contributed by atoms with Crippen LogP contribution in [0.3, 0.4) is 0 Å². The molecule has 1 amide bonds. The quantitative estimate of drug-likeness (QED) is 0.749. The smallest absolute Gasteiger partial charge is 0.223 e. The first kappa shape index (κ1) is 12.5. The van der Waals surface area contributed by atoms with Crippen molar-refractivity contribution in [1.29, 1.82) is 0 Å². The van der Waals surface area contributed by atoms with Crippen molar-refractivity contribution in [2.24, 2.45) is 11.8 Å². The molecule has 3 nitrogen and oxygen atoms in total. The second-order valence-electron chi connectivity index (χ2n) is 4.87. The zero-order chi connectivity index (χ0) is 11.3. The van der Waals surface area contributed by atoms with Gasteiger partial charge in [-0.05, 0) is 31.8 Å². The molecule has 15 heavy (non-hydrogen) atoms. The van der Waals surface area contributed by atoms with Gasteiger partial charge in [-0.25, -0.2) is 0 Å². The van der Waals surface area contributed by atoms with Crippen molar-refractivity contribution < 1.29 is 4.79 Å². The van der Waals surface area contributed by atoms with Crippen LogP contribution in [0.4, 0.5) is 0 Å². The van der Waals surface area contributed by atoms with Crippen LogP contribution >= 0.6 is 0 Å². The second kappa shape index (κ2) is 6.11. The monoisotopic (exact) mass is 212 g/mol. The van der Waals surface area contributed by atoms with E-state index in [2.05, 4.69) is 24.1 Å². The van der Waals surface area contributed by atoms with Gasteiger partial charge in [-0.15, -0.1) is 0 Å². The third kappa shape index (κ3) is 4.20. The summed E-state index contributed by atoms with van der Waals surface area (Å²) in [6.07, 6.45) is 2.63. The first-order valence-electron chi connectivity index (χ1n) is 6.11. The number of nitrogens with one attached hydrogen (secondary N) is 1. The molecule has 1 heterocycles. The zero-order valence-electron chi connectivity index (χ0n) is 10.3. The molecule has 0 spiro atoms. The Morgan fingerprint density at radius 3 is 2.40 bits per heavy atom. The maximum absolute atomic E-state index is 11.6. The van der Waals surface area contributed by atoms with E-state index >= 15 is 0 Å². The predicted octanol–water partition coefficient (Wildman–Crippen LogP) is 1.49. The van der Waals surface area contributed by atoms with Gasteiger partial charge in [-0.1, -0.05) is 20.8 Å². The lowest BCUT2D eigenvalue weighted by molar-refractivity contribution is -0.125. The van der Waals surface area contributed by atoms with Gasteiger partial charge in [-0.3, -0.25) is 4.79 Å². The van der Waals surface area contributed by atoms with E-state index in [9.17, 15) is 4.79 Å². The van der Waals surface area contributed by atoms with E-state index in [-0.39, 0.29) is 11.8 Å². The molecule has 0 radical (unpaired) electrons. The van der Waals surface area contributed by atoms with Crippen LogP contribution in [-0.2, 0) is 4.79 Å². The van der Waals surface area contributed by atoms with Gasteiger partial charge in [-0.2, -0.15) is 0 Å². The largest absolute Gasteiger partial charge is 0.355 e. The highest BCUT2D eigenvalue weighted by Crippen LogP contribution is 2.09. The maximum atomic E-state index is 11.6. The van der Waals surface area contributed by atoms with Crippen LogP contribution in [0, 0.1) is 11.8 Å². The van der Waals surface area contributed by atoms with Crippen LogP contribution < -0.4 is 5.32 Å². The fraction of sp³-hybridized carbons (Fsp3) is 0.917. The number of amides is 1. The normalized spacial score (nSPS) is 19.5. The van der Waals surface area contributed by atoms with Gasteiger partial charge in [0.05, 0.1) is 0 Å². The molecular weight excluding hydrogens is 188 g/mol. The van der Waals surface area contributed by atoms with Gasteiger partial charge in [0.15, 0.2) is 0 Å². The molecule has 1 atom stereocenters. The van der Waals surface area contributed by atoms with E-state index in [0.29, 0.717) is 5.92 Å². The molecule has 0 aromatic rings. The van der Waals surface area contributed by atoms with E-state index < -0.39 is 0 Å². The Labute approximate surface area is 93.2 Å². The van der Waals surface area contributed by atoms with Crippen molar-refractivity contribution in [3.05, 3.63) is 0 Å². The molecule has 0 bridgehead atoms. The summed E-state index contributed by atoms with van der Waals surface area (Å²) in [7, 11) is 0. The molecule has 1 N–H and O–H groups in total. The number of carbonyl (C=O) groups is 1. The molecule has 0 unspecified atom stereocenters. The van der Waals surface area contributed by atoms with Gasteiger partial charge in [0.1, 0.15) is 0 Å². The summed E-state index contributed by atoms with van der Waals surface area (Å²) < 4.78 is 0. The van der Waals surface area contributed by atoms with E-state index in [1.54, 1.807) is 0 Å². The van der Waals surface area contributed by atoms with E-state index in [0.717, 1.165) is 13.1 Å². The standard InChI is InChI=1S/C12H24N2O/c1-10(2)11(3)12(15)13-6-9-14-7-4-5-8-14/h10-11H,4-9H2,1-3H3,(H,13,15)/t11-/m0/s1. The summed E-state index contributed by atoms with van der Waals surface area (Å²) in [5.41, 5.74) is 0. The highest BCUT2D eigenvalue weighted by molar-refractivity contribution is 5.78. The van der Waals surface area contributed by atoms with E-state index in [4.69, 9.17) is 0 Å². The van der Waals surface area contributed by atoms with Crippen molar-refractivity contribution >= 4 is 5.91 Å². The summed E-state index contributed by atoms with van der Waals surface area (Å²) in [5.74, 6) is 0.754. The molecule has 1 aliphatic rings. The van der Waals surface area contributed by atoms with Crippen molar-refractivity contribution in [1.82, 2.24) is 10.2 Å². The fourth-order valence-electron chi connectivity index (χ4n) is 1.81. The Hall–Kier alpha value is -0.570. The minimum absolute atomic E-state index is 0.128. The van der Waals surface area contributed by atoms with Crippen LogP contribution in [0.2, 0.25) is 0 Å². The molecular formula is C12H24N2O. The van der Waals surface area contributed by atoms with Crippen molar-refractivity contribution in [2.75, 3.05) is 26.2 Å². The Kier molecular flexibility index (Phi) is 5.09. The number of rotatable bonds is 5. The Morgan fingerprint density at radius 2 is 1.87 bits per heavy atom. The van der Waals surface area contributed by atoms with Gasteiger partial charge < -0.3 is 10.2 Å². The SMILES string of the molecule is CC(C)[C@H](C)C(=O)NCCN1CCCC1. The number of hydrogen-bond acceptors (Lipinski definition) is 2. The Morgan fingerprint density at radius 1 is 1.27 bits per heavy atom. The van der Waals surface area contributed by atoms with Gasteiger partial charge >= 0.3 is 0 Å². The average Bonchev–Trinajstić information content (AvgIpc) is 2.69. The summed E-state index contributed by atoms with van der Waals surface area (Å²) in [4.78, 5) is 14.0. The van der Waals surface area contributed by atoms with Gasteiger partial charge in [0.25, 0.3) is 0 Å². The highest BCUT2D eigenvalue weighted by atomic mass is 16.1. The predicted molar refractivity (Wildman–Crippen MR) is 62.7 cm³/mol. The number of hydrogen-bond donors (Lipinski definition) is 1. The van der Waals surface area contributed by atoms with Crippen molar-refractivity contribution in [2.45, 2.75) is 33.6 Å². The third-order valence-electron chi connectivity index (χ3n) is 3.34. The topological polar surface area (TPSA) is 32.3 Å². The molecule has 0 saturated carbocycles. The molecule has 0 aromatic carbocycles. The highest BCUT2D eigenvalue weighted by Gasteiger charge is 2.16. The van der Waals surface area contributed by atoms with E-state index in [1.165, 1.54) is 25.9 Å². The molecule has 1 aliphatic heterocycles. The molecule has 88 valence electrons. The van der Waals surface area contributed by atoms with Crippen LogP contribution in [0.1, 0.15) is 33.6 Å². The fourth-order valence-corrected chi connectivity index (χ4v) is 1.81. The maximum Gasteiger partial charge on any atom is 0.223 e. The molecule has 1 saturated heterocycles. The van der Waals surface area contributed by atoms with Crippen LogP contribution in [0.15, 0.2) is 0 Å². The molecule has 0 aliphatic carbocycles. The number of likely N-dealkylation sites (tertiary alicyclic amines) is 1. The molecule has 1 fully saturated rings. The molecule has 1 rings (SSSR count). The summed E-state index contributed by atoms with van der Waals surface area (Å²) in [6, 6.07) is 0. The second-order valence-corrected chi connectivity index (χ2v) is 4.87.